The molecular weight excluding hydrogens is 322 g/mol. The molecule has 0 heterocycles. The van der Waals surface area contributed by atoms with Crippen LogP contribution in [0.15, 0.2) is 36.4 Å². The first-order valence-electron chi connectivity index (χ1n) is 8.33. The third kappa shape index (κ3) is 4.50. The fourth-order valence-electron chi connectivity index (χ4n) is 2.62. The molecule has 0 saturated heterocycles. The molecule has 0 amide bonds. The number of hydrogen-bond donors (Lipinski definition) is 1. The molecule has 0 aliphatic carbocycles. The first kappa shape index (κ1) is 19.2. The van der Waals surface area contributed by atoms with Gasteiger partial charge in [-0.3, -0.25) is 0 Å². The van der Waals surface area contributed by atoms with E-state index in [4.69, 9.17) is 4.74 Å². The molecule has 0 fully saturated rings. The maximum Gasteiger partial charge on any atom is 0.387 e. The summed E-state index contributed by atoms with van der Waals surface area (Å²) in [6.07, 6.45) is 0. The van der Waals surface area contributed by atoms with Gasteiger partial charge >= 0.3 is 6.61 Å². The molecule has 2 nitrogen and oxygen atoms in total. The van der Waals surface area contributed by atoms with Gasteiger partial charge in [-0.2, -0.15) is 8.78 Å². The van der Waals surface area contributed by atoms with Crippen LogP contribution in [0.1, 0.15) is 52.7 Å². The second-order valence-corrected chi connectivity index (χ2v) is 8.32. The van der Waals surface area contributed by atoms with Crippen molar-refractivity contribution >= 4 is 0 Å². The van der Waals surface area contributed by atoms with Crippen molar-refractivity contribution in [3.05, 3.63) is 47.5 Å². The fraction of sp³-hybridized carbons (Fsp3) is 0.429. The van der Waals surface area contributed by atoms with Gasteiger partial charge in [-0.15, -0.1) is 0 Å². The molecule has 0 aliphatic heterocycles. The molecule has 0 atom stereocenters. The Bertz CT molecular complexity index is 753. The fourth-order valence-corrected chi connectivity index (χ4v) is 2.62. The second-order valence-electron chi connectivity index (χ2n) is 8.32. The van der Waals surface area contributed by atoms with E-state index in [9.17, 15) is 13.9 Å². The lowest BCUT2D eigenvalue weighted by Crippen LogP contribution is -2.13. The summed E-state index contributed by atoms with van der Waals surface area (Å²) < 4.78 is 30.4. The molecule has 0 bridgehead atoms. The summed E-state index contributed by atoms with van der Waals surface area (Å²) in [5.41, 5.74) is 2.66. The monoisotopic (exact) mass is 348 g/mol. The Morgan fingerprint density at radius 2 is 1.28 bits per heavy atom. The van der Waals surface area contributed by atoms with Crippen LogP contribution in [-0.2, 0) is 10.8 Å². The molecular formula is C21H26F2O2. The molecule has 2 aromatic carbocycles. The SMILES string of the molecule is CC(C)(C)c1ccc(O)c(-c2cc(C(C)(C)C)ccc2OC(F)F)c1. The van der Waals surface area contributed by atoms with Crippen LogP contribution < -0.4 is 4.74 Å². The molecule has 0 spiro atoms. The predicted molar refractivity (Wildman–Crippen MR) is 97.6 cm³/mol. The lowest BCUT2D eigenvalue weighted by atomic mass is 9.83. The topological polar surface area (TPSA) is 29.5 Å². The zero-order chi connectivity index (χ0) is 19.0. The summed E-state index contributed by atoms with van der Waals surface area (Å²) in [5.74, 6) is 0.0996. The molecule has 136 valence electrons. The molecule has 2 rings (SSSR count). The van der Waals surface area contributed by atoms with E-state index in [1.165, 1.54) is 0 Å². The molecule has 0 aromatic heterocycles. The molecule has 4 heteroatoms. The van der Waals surface area contributed by atoms with E-state index in [0.717, 1.165) is 11.1 Å². The minimum Gasteiger partial charge on any atom is -0.507 e. The minimum absolute atomic E-state index is 0.0400. The molecule has 0 radical (unpaired) electrons. The van der Waals surface area contributed by atoms with Crippen molar-refractivity contribution in [1.29, 1.82) is 0 Å². The van der Waals surface area contributed by atoms with Gasteiger partial charge in [0, 0.05) is 11.1 Å². The first-order chi connectivity index (χ1) is 11.4. The Morgan fingerprint density at radius 3 is 1.76 bits per heavy atom. The van der Waals surface area contributed by atoms with Gasteiger partial charge in [-0.05, 0) is 46.2 Å². The smallest absolute Gasteiger partial charge is 0.387 e. The Kier molecular flexibility index (Phi) is 5.12. The van der Waals surface area contributed by atoms with Crippen molar-refractivity contribution in [2.75, 3.05) is 0 Å². The highest BCUT2D eigenvalue weighted by molar-refractivity contribution is 5.77. The number of alkyl halides is 2. The number of rotatable bonds is 3. The van der Waals surface area contributed by atoms with Crippen molar-refractivity contribution in [1.82, 2.24) is 0 Å². The van der Waals surface area contributed by atoms with Crippen LogP contribution in [0.5, 0.6) is 11.5 Å². The Morgan fingerprint density at radius 1 is 0.800 bits per heavy atom. The van der Waals surface area contributed by atoms with Crippen molar-refractivity contribution < 1.29 is 18.6 Å². The number of halogens is 2. The first-order valence-corrected chi connectivity index (χ1v) is 8.33. The predicted octanol–water partition coefficient (Wildman–Crippen LogP) is 6.26. The van der Waals surface area contributed by atoms with Crippen LogP contribution in [-0.4, -0.2) is 11.7 Å². The van der Waals surface area contributed by atoms with Crippen LogP contribution in [0, 0.1) is 0 Å². The third-order valence-corrected chi connectivity index (χ3v) is 4.21. The number of phenolic OH excluding ortho intramolecular Hbond substituents is 1. The molecule has 2 aromatic rings. The van der Waals surface area contributed by atoms with Crippen LogP contribution in [0.3, 0.4) is 0 Å². The average molecular weight is 348 g/mol. The van der Waals surface area contributed by atoms with Gasteiger partial charge in [0.15, 0.2) is 0 Å². The minimum atomic E-state index is -2.92. The summed E-state index contributed by atoms with van der Waals surface area (Å²) in [7, 11) is 0. The lowest BCUT2D eigenvalue weighted by molar-refractivity contribution is -0.0494. The average Bonchev–Trinajstić information content (AvgIpc) is 2.45. The van der Waals surface area contributed by atoms with Crippen molar-refractivity contribution in [3.63, 3.8) is 0 Å². The quantitative estimate of drug-likeness (QED) is 0.710. The largest absolute Gasteiger partial charge is 0.507 e. The van der Waals surface area contributed by atoms with Gasteiger partial charge < -0.3 is 9.84 Å². The normalized spacial score (nSPS) is 12.5. The summed E-state index contributed by atoms with van der Waals surface area (Å²) in [6, 6.07) is 10.4. The molecule has 25 heavy (non-hydrogen) atoms. The molecule has 1 N–H and O–H groups in total. The highest BCUT2D eigenvalue weighted by Gasteiger charge is 2.22. The molecule has 0 aliphatic rings. The van der Waals surface area contributed by atoms with E-state index in [1.54, 1.807) is 18.2 Å². The van der Waals surface area contributed by atoms with Crippen molar-refractivity contribution in [2.24, 2.45) is 0 Å². The van der Waals surface area contributed by atoms with Gasteiger partial charge in [0.1, 0.15) is 11.5 Å². The van der Waals surface area contributed by atoms with Gasteiger partial charge in [0.2, 0.25) is 0 Å². The highest BCUT2D eigenvalue weighted by atomic mass is 19.3. The third-order valence-electron chi connectivity index (χ3n) is 4.21. The van der Waals surface area contributed by atoms with Crippen LogP contribution in [0.4, 0.5) is 8.78 Å². The van der Waals surface area contributed by atoms with E-state index in [0.29, 0.717) is 11.1 Å². The van der Waals surface area contributed by atoms with E-state index < -0.39 is 6.61 Å². The van der Waals surface area contributed by atoms with E-state index in [2.05, 4.69) is 20.8 Å². The maximum absolute atomic E-state index is 12.8. The number of benzene rings is 2. The number of phenols is 1. The number of aromatic hydroxyl groups is 1. The summed E-state index contributed by atoms with van der Waals surface area (Å²) in [5, 5.41) is 10.4. The van der Waals surface area contributed by atoms with Crippen molar-refractivity contribution in [2.45, 2.75) is 59.0 Å². The second kappa shape index (κ2) is 6.66. The maximum atomic E-state index is 12.8. The van der Waals surface area contributed by atoms with Gasteiger partial charge in [0.25, 0.3) is 0 Å². The van der Waals surface area contributed by atoms with Gasteiger partial charge in [-0.1, -0.05) is 53.7 Å². The highest BCUT2D eigenvalue weighted by Crippen LogP contribution is 2.41. The zero-order valence-corrected chi connectivity index (χ0v) is 15.7. The Balaban J connectivity index is 2.70. The zero-order valence-electron chi connectivity index (χ0n) is 15.7. The summed E-state index contributed by atoms with van der Waals surface area (Å²) >= 11 is 0. The van der Waals surface area contributed by atoms with E-state index >= 15 is 0 Å². The standard InChI is InChI=1S/C21H26F2O2/c1-20(2,3)13-7-9-17(24)15(11-13)16-12-14(21(4,5)6)8-10-18(16)25-19(22)23/h7-12,19,24H,1-6H3. The van der Waals surface area contributed by atoms with Crippen LogP contribution in [0.25, 0.3) is 11.1 Å². The van der Waals surface area contributed by atoms with Gasteiger partial charge in [0.05, 0.1) is 0 Å². The van der Waals surface area contributed by atoms with E-state index in [-0.39, 0.29) is 22.3 Å². The number of ether oxygens (including phenoxy) is 1. The lowest BCUT2D eigenvalue weighted by Gasteiger charge is -2.23. The Labute approximate surface area is 148 Å². The van der Waals surface area contributed by atoms with Crippen LogP contribution in [0.2, 0.25) is 0 Å². The van der Waals surface area contributed by atoms with E-state index in [1.807, 2.05) is 39.0 Å². The summed E-state index contributed by atoms with van der Waals surface area (Å²) in [6.45, 7) is 9.40. The number of hydrogen-bond acceptors (Lipinski definition) is 2. The Hall–Kier alpha value is -2.10. The molecule has 0 saturated carbocycles. The van der Waals surface area contributed by atoms with Crippen LogP contribution >= 0.6 is 0 Å². The van der Waals surface area contributed by atoms with Gasteiger partial charge in [-0.25, -0.2) is 0 Å². The summed E-state index contributed by atoms with van der Waals surface area (Å²) in [4.78, 5) is 0. The van der Waals surface area contributed by atoms with Crippen molar-refractivity contribution in [3.8, 4) is 22.6 Å². The molecule has 0 unspecified atom stereocenters.